The normalized spacial score (nSPS) is 13.2. The molecule has 0 spiro atoms. The van der Waals surface area contributed by atoms with Gasteiger partial charge in [0.1, 0.15) is 0 Å². The quantitative estimate of drug-likeness (QED) is 0.580. The number of amides is 1. The molecule has 25 heavy (non-hydrogen) atoms. The number of halogens is 1. The van der Waals surface area contributed by atoms with Crippen molar-refractivity contribution in [3.8, 4) is 0 Å². The minimum absolute atomic E-state index is 0.00976. The smallest absolute Gasteiger partial charge is 0.241 e. The second-order valence-corrected chi connectivity index (χ2v) is 7.64. The molecule has 3 nitrogen and oxygen atoms in total. The van der Waals surface area contributed by atoms with Gasteiger partial charge in [0.25, 0.3) is 0 Å². The zero-order chi connectivity index (χ0) is 17.6. The van der Waals surface area contributed by atoms with Gasteiger partial charge in [-0.3, -0.25) is 10.1 Å². The van der Waals surface area contributed by atoms with E-state index in [2.05, 4.69) is 50.1 Å². The Labute approximate surface area is 160 Å². The molecule has 2 unspecified atom stereocenters. The van der Waals surface area contributed by atoms with E-state index in [1.165, 1.54) is 4.88 Å². The molecule has 0 saturated heterocycles. The third-order valence-electron chi connectivity index (χ3n) is 3.86. The zero-order valence-corrected chi connectivity index (χ0v) is 16.2. The topological polar surface area (TPSA) is 41.1 Å². The average Bonchev–Trinajstić information content (AvgIpc) is 3.14. The molecule has 128 valence electrons. The molecule has 2 N–H and O–H groups in total. The Morgan fingerprint density at radius 3 is 2.52 bits per heavy atom. The Morgan fingerprint density at radius 2 is 1.84 bits per heavy atom. The van der Waals surface area contributed by atoms with Crippen LogP contribution in [0.25, 0.3) is 0 Å². The standard InChI is InChI=1S/C20H19BrN2OS/c1-14(20(24)23-17-10-5-9-16(21)13-17)22-19(18-11-6-12-25-18)15-7-3-2-4-8-15/h2-14,19,22H,1H3,(H,23,24). The van der Waals surface area contributed by atoms with Crippen molar-refractivity contribution in [2.24, 2.45) is 0 Å². The van der Waals surface area contributed by atoms with Gasteiger partial charge in [-0.05, 0) is 42.1 Å². The number of benzene rings is 2. The van der Waals surface area contributed by atoms with E-state index < -0.39 is 0 Å². The van der Waals surface area contributed by atoms with Crippen molar-refractivity contribution < 1.29 is 4.79 Å². The van der Waals surface area contributed by atoms with Crippen LogP contribution in [0.15, 0.2) is 76.6 Å². The highest BCUT2D eigenvalue weighted by Gasteiger charge is 2.21. The zero-order valence-electron chi connectivity index (χ0n) is 13.8. The third-order valence-corrected chi connectivity index (χ3v) is 5.29. The largest absolute Gasteiger partial charge is 0.325 e. The molecule has 0 aliphatic heterocycles. The summed E-state index contributed by atoms with van der Waals surface area (Å²) in [6.07, 6.45) is 0. The van der Waals surface area contributed by atoms with Gasteiger partial charge in [-0.25, -0.2) is 0 Å². The monoisotopic (exact) mass is 414 g/mol. The van der Waals surface area contributed by atoms with E-state index in [4.69, 9.17) is 0 Å². The van der Waals surface area contributed by atoms with Crippen molar-refractivity contribution in [2.75, 3.05) is 5.32 Å². The molecule has 0 saturated carbocycles. The second kappa shape index (κ2) is 8.43. The summed E-state index contributed by atoms with van der Waals surface area (Å²) in [7, 11) is 0. The predicted octanol–water partition coefficient (Wildman–Crippen LogP) is 5.22. The molecular weight excluding hydrogens is 396 g/mol. The molecule has 1 aromatic heterocycles. The van der Waals surface area contributed by atoms with Crippen LogP contribution in [0.3, 0.4) is 0 Å². The first-order valence-corrected chi connectivity index (χ1v) is 9.71. The molecule has 0 bridgehead atoms. The number of rotatable bonds is 6. The molecule has 0 fully saturated rings. The van der Waals surface area contributed by atoms with Gasteiger partial charge in [0.2, 0.25) is 5.91 Å². The van der Waals surface area contributed by atoms with Crippen LogP contribution in [-0.4, -0.2) is 11.9 Å². The highest BCUT2D eigenvalue weighted by molar-refractivity contribution is 9.10. The molecule has 5 heteroatoms. The Morgan fingerprint density at radius 1 is 1.04 bits per heavy atom. The third kappa shape index (κ3) is 4.78. The van der Waals surface area contributed by atoms with E-state index in [0.29, 0.717) is 0 Å². The SMILES string of the molecule is CC(NC(c1ccccc1)c1cccs1)C(=O)Nc1cccc(Br)c1. The van der Waals surface area contributed by atoms with Gasteiger partial charge in [0, 0.05) is 15.0 Å². The van der Waals surface area contributed by atoms with Crippen LogP contribution in [0.4, 0.5) is 5.69 Å². The fraction of sp³-hybridized carbons (Fsp3) is 0.150. The van der Waals surface area contributed by atoms with Crippen molar-refractivity contribution in [3.63, 3.8) is 0 Å². The van der Waals surface area contributed by atoms with Gasteiger partial charge in [-0.2, -0.15) is 0 Å². The lowest BCUT2D eigenvalue weighted by Crippen LogP contribution is -2.40. The minimum Gasteiger partial charge on any atom is -0.325 e. The molecule has 3 rings (SSSR count). The number of hydrogen-bond acceptors (Lipinski definition) is 3. The summed E-state index contributed by atoms with van der Waals surface area (Å²) < 4.78 is 0.937. The lowest BCUT2D eigenvalue weighted by atomic mass is 10.0. The number of hydrogen-bond donors (Lipinski definition) is 2. The van der Waals surface area contributed by atoms with E-state index in [-0.39, 0.29) is 18.0 Å². The Bertz CT molecular complexity index is 821. The Kier molecular flexibility index (Phi) is 6.02. The fourth-order valence-electron chi connectivity index (χ4n) is 2.59. The van der Waals surface area contributed by atoms with E-state index in [0.717, 1.165) is 15.7 Å². The maximum atomic E-state index is 12.6. The first kappa shape index (κ1) is 17.9. The van der Waals surface area contributed by atoms with Crippen LogP contribution in [0, 0.1) is 0 Å². The fourth-order valence-corrected chi connectivity index (χ4v) is 3.80. The van der Waals surface area contributed by atoms with Gasteiger partial charge < -0.3 is 5.32 Å². The highest BCUT2D eigenvalue weighted by Crippen LogP contribution is 2.26. The number of nitrogens with one attached hydrogen (secondary N) is 2. The van der Waals surface area contributed by atoms with Crippen molar-refractivity contribution in [2.45, 2.75) is 19.0 Å². The predicted molar refractivity (Wildman–Crippen MR) is 108 cm³/mol. The van der Waals surface area contributed by atoms with E-state index in [1.54, 1.807) is 11.3 Å². The van der Waals surface area contributed by atoms with Gasteiger partial charge in [-0.1, -0.05) is 58.4 Å². The van der Waals surface area contributed by atoms with E-state index >= 15 is 0 Å². The number of carbonyl (C=O) groups excluding carboxylic acids is 1. The first-order valence-electron chi connectivity index (χ1n) is 8.04. The van der Waals surface area contributed by atoms with Gasteiger partial charge in [0.15, 0.2) is 0 Å². The molecule has 3 aromatic rings. The lowest BCUT2D eigenvalue weighted by molar-refractivity contribution is -0.117. The van der Waals surface area contributed by atoms with E-state index in [1.807, 2.05) is 55.5 Å². The maximum absolute atomic E-state index is 12.6. The number of thiophene rings is 1. The molecule has 2 atom stereocenters. The lowest BCUT2D eigenvalue weighted by Gasteiger charge is -2.22. The van der Waals surface area contributed by atoms with Crippen LogP contribution >= 0.6 is 27.3 Å². The van der Waals surface area contributed by atoms with E-state index in [9.17, 15) is 4.79 Å². The molecule has 0 aliphatic rings. The first-order chi connectivity index (χ1) is 12.1. The molecule has 0 radical (unpaired) electrons. The summed E-state index contributed by atoms with van der Waals surface area (Å²) in [6.45, 7) is 1.89. The summed E-state index contributed by atoms with van der Waals surface area (Å²) in [4.78, 5) is 13.8. The summed E-state index contributed by atoms with van der Waals surface area (Å²) in [6, 6.07) is 21.6. The molecular formula is C20H19BrN2OS. The van der Waals surface area contributed by atoms with Crippen molar-refractivity contribution in [3.05, 3.63) is 87.0 Å². The second-order valence-electron chi connectivity index (χ2n) is 5.75. The van der Waals surface area contributed by atoms with Crippen LogP contribution in [0.1, 0.15) is 23.4 Å². The van der Waals surface area contributed by atoms with Crippen LogP contribution in [-0.2, 0) is 4.79 Å². The van der Waals surface area contributed by atoms with Gasteiger partial charge in [0.05, 0.1) is 12.1 Å². The van der Waals surface area contributed by atoms with Gasteiger partial charge in [-0.15, -0.1) is 11.3 Å². The molecule has 1 amide bonds. The van der Waals surface area contributed by atoms with Crippen molar-refractivity contribution in [1.29, 1.82) is 0 Å². The summed E-state index contributed by atoms with van der Waals surface area (Å²) in [5, 5.41) is 8.47. The van der Waals surface area contributed by atoms with Crippen LogP contribution < -0.4 is 10.6 Å². The Hall–Kier alpha value is -1.95. The molecule has 2 aromatic carbocycles. The summed E-state index contributed by atoms with van der Waals surface area (Å²) in [5.41, 5.74) is 1.92. The van der Waals surface area contributed by atoms with Crippen LogP contribution in [0.5, 0.6) is 0 Å². The van der Waals surface area contributed by atoms with Crippen molar-refractivity contribution >= 4 is 38.9 Å². The highest BCUT2D eigenvalue weighted by atomic mass is 79.9. The van der Waals surface area contributed by atoms with Crippen LogP contribution in [0.2, 0.25) is 0 Å². The van der Waals surface area contributed by atoms with Gasteiger partial charge >= 0.3 is 0 Å². The summed E-state index contributed by atoms with van der Waals surface area (Å²) in [5.74, 6) is -0.0596. The molecule has 0 aliphatic carbocycles. The number of carbonyl (C=O) groups is 1. The maximum Gasteiger partial charge on any atom is 0.241 e. The molecule has 1 heterocycles. The Balaban J connectivity index is 1.74. The minimum atomic E-state index is -0.341. The summed E-state index contributed by atoms with van der Waals surface area (Å²) >= 11 is 5.11. The number of anilines is 1. The van der Waals surface area contributed by atoms with Crippen molar-refractivity contribution in [1.82, 2.24) is 5.32 Å². The average molecular weight is 415 g/mol.